The number of hydrogen-bond donors (Lipinski definition) is 0. The summed E-state index contributed by atoms with van der Waals surface area (Å²) >= 11 is 3.29. The molecule has 20 heavy (non-hydrogen) atoms. The minimum absolute atomic E-state index is 0.0103. The van der Waals surface area contributed by atoms with E-state index in [4.69, 9.17) is 0 Å². The van der Waals surface area contributed by atoms with Gasteiger partial charge in [-0.2, -0.15) is 0 Å². The van der Waals surface area contributed by atoms with Crippen molar-refractivity contribution in [2.75, 3.05) is 6.54 Å². The molecule has 1 aliphatic heterocycles. The van der Waals surface area contributed by atoms with Gasteiger partial charge in [-0.25, -0.2) is 0 Å². The quantitative estimate of drug-likeness (QED) is 0.798. The first-order valence-electron chi connectivity index (χ1n) is 6.76. The van der Waals surface area contributed by atoms with Crippen molar-refractivity contribution in [2.45, 2.75) is 25.7 Å². The molecule has 3 rings (SSSR count). The third-order valence-corrected chi connectivity index (χ3v) is 4.55. The van der Waals surface area contributed by atoms with Crippen LogP contribution in [-0.4, -0.2) is 29.0 Å². The summed E-state index contributed by atoms with van der Waals surface area (Å²) < 4.78 is 0.751. The van der Waals surface area contributed by atoms with Crippen molar-refractivity contribution in [1.29, 1.82) is 0 Å². The van der Waals surface area contributed by atoms with E-state index >= 15 is 0 Å². The van der Waals surface area contributed by atoms with E-state index in [2.05, 4.69) is 15.9 Å². The molecule has 1 aliphatic carbocycles. The topological polar surface area (TPSA) is 54.5 Å². The summed E-state index contributed by atoms with van der Waals surface area (Å²) in [6.45, 7) is -0.0887. The standard InChI is InChI=1S/C15H14BrNO3/c16-10-5-6-11-12(7-10)15(20)17(14(11)19)8-13(18)9-3-1-2-4-9/h5-7,9H,1-4,8H2. The summed E-state index contributed by atoms with van der Waals surface area (Å²) in [6, 6.07) is 4.99. The number of Topliss-reactive ketones (excluding diaryl/α,β-unsaturated/α-hetero) is 1. The Morgan fingerprint density at radius 2 is 1.80 bits per heavy atom. The van der Waals surface area contributed by atoms with Crippen molar-refractivity contribution in [1.82, 2.24) is 4.90 Å². The number of rotatable bonds is 3. The molecule has 1 heterocycles. The third-order valence-electron chi connectivity index (χ3n) is 4.06. The molecule has 2 amide bonds. The highest BCUT2D eigenvalue weighted by Gasteiger charge is 2.38. The van der Waals surface area contributed by atoms with Crippen LogP contribution in [-0.2, 0) is 4.79 Å². The Labute approximate surface area is 125 Å². The number of carbonyl (C=O) groups excluding carboxylic acids is 3. The van der Waals surface area contributed by atoms with Crippen LogP contribution in [0.3, 0.4) is 0 Å². The van der Waals surface area contributed by atoms with Gasteiger partial charge in [0.25, 0.3) is 11.8 Å². The lowest BCUT2D eigenvalue weighted by Gasteiger charge is -2.15. The number of benzene rings is 1. The summed E-state index contributed by atoms with van der Waals surface area (Å²) in [4.78, 5) is 37.7. The van der Waals surface area contributed by atoms with Gasteiger partial charge in [-0.3, -0.25) is 19.3 Å². The summed E-state index contributed by atoms with van der Waals surface area (Å²) in [5.74, 6) is -0.691. The number of amides is 2. The van der Waals surface area contributed by atoms with E-state index in [1.807, 2.05) is 0 Å². The molecule has 0 atom stereocenters. The highest BCUT2D eigenvalue weighted by Crippen LogP contribution is 2.29. The van der Waals surface area contributed by atoms with Crippen molar-refractivity contribution in [3.05, 3.63) is 33.8 Å². The fourth-order valence-corrected chi connectivity index (χ4v) is 3.30. The average molecular weight is 336 g/mol. The molecule has 0 unspecified atom stereocenters. The number of nitrogens with zero attached hydrogens (tertiary/aromatic N) is 1. The van der Waals surface area contributed by atoms with Gasteiger partial charge in [-0.1, -0.05) is 28.8 Å². The monoisotopic (exact) mass is 335 g/mol. The fourth-order valence-electron chi connectivity index (χ4n) is 2.94. The number of hydrogen-bond acceptors (Lipinski definition) is 3. The van der Waals surface area contributed by atoms with E-state index in [0.717, 1.165) is 35.1 Å². The van der Waals surface area contributed by atoms with E-state index in [-0.39, 0.29) is 30.1 Å². The molecule has 5 heteroatoms. The van der Waals surface area contributed by atoms with Gasteiger partial charge in [0.05, 0.1) is 17.7 Å². The van der Waals surface area contributed by atoms with Crippen LogP contribution < -0.4 is 0 Å². The molecule has 0 spiro atoms. The van der Waals surface area contributed by atoms with E-state index in [1.165, 1.54) is 0 Å². The summed E-state index contributed by atoms with van der Waals surface area (Å²) in [5, 5.41) is 0. The van der Waals surface area contributed by atoms with Crippen molar-refractivity contribution in [2.24, 2.45) is 5.92 Å². The van der Waals surface area contributed by atoms with Gasteiger partial charge in [0.15, 0.2) is 5.78 Å². The third kappa shape index (κ3) is 2.20. The molecule has 104 valence electrons. The van der Waals surface area contributed by atoms with Crippen LogP contribution in [0.2, 0.25) is 0 Å². The van der Waals surface area contributed by atoms with E-state index in [0.29, 0.717) is 11.1 Å². The van der Waals surface area contributed by atoms with Crippen LogP contribution in [0.5, 0.6) is 0 Å². The van der Waals surface area contributed by atoms with E-state index in [9.17, 15) is 14.4 Å². The SMILES string of the molecule is O=C(CN1C(=O)c2ccc(Br)cc2C1=O)C1CCCC1. The molecule has 1 aromatic carbocycles. The summed E-state index contributed by atoms with van der Waals surface area (Å²) in [5.41, 5.74) is 0.765. The van der Waals surface area contributed by atoms with Crippen molar-refractivity contribution in [3.8, 4) is 0 Å². The van der Waals surface area contributed by atoms with E-state index in [1.54, 1.807) is 18.2 Å². The molecule has 1 saturated carbocycles. The van der Waals surface area contributed by atoms with Gasteiger partial charge in [-0.05, 0) is 31.0 Å². The molecule has 1 aromatic rings. The predicted octanol–water partition coefficient (Wildman–Crippen LogP) is 2.80. The van der Waals surface area contributed by atoms with Crippen LogP contribution in [0, 0.1) is 5.92 Å². The number of imide groups is 1. The van der Waals surface area contributed by atoms with Gasteiger partial charge in [-0.15, -0.1) is 0 Å². The Bertz CT molecular complexity index is 605. The maximum atomic E-state index is 12.2. The van der Waals surface area contributed by atoms with Gasteiger partial charge in [0.1, 0.15) is 0 Å². The highest BCUT2D eigenvalue weighted by atomic mass is 79.9. The first-order valence-corrected chi connectivity index (χ1v) is 7.55. The van der Waals surface area contributed by atoms with Gasteiger partial charge in [0.2, 0.25) is 0 Å². The Balaban J connectivity index is 1.81. The van der Waals surface area contributed by atoms with Crippen LogP contribution in [0.1, 0.15) is 46.4 Å². The lowest BCUT2D eigenvalue weighted by Crippen LogP contribution is -2.36. The van der Waals surface area contributed by atoms with Crippen LogP contribution >= 0.6 is 15.9 Å². The second-order valence-corrected chi connectivity index (χ2v) is 6.25. The molecule has 0 N–H and O–H groups in total. The lowest BCUT2D eigenvalue weighted by atomic mass is 10.0. The molecule has 4 nitrogen and oxygen atoms in total. The molecule has 0 aromatic heterocycles. The van der Waals surface area contributed by atoms with Gasteiger partial charge in [0, 0.05) is 10.4 Å². The molecular formula is C15H14BrNO3. The van der Waals surface area contributed by atoms with Crippen molar-refractivity contribution in [3.63, 3.8) is 0 Å². The maximum absolute atomic E-state index is 12.2. The molecule has 2 aliphatic rings. The van der Waals surface area contributed by atoms with Crippen LogP contribution in [0.25, 0.3) is 0 Å². The summed E-state index contributed by atoms with van der Waals surface area (Å²) in [6.07, 6.45) is 3.89. The normalized spacial score (nSPS) is 18.8. The fraction of sp³-hybridized carbons (Fsp3) is 0.400. The van der Waals surface area contributed by atoms with Crippen molar-refractivity contribution < 1.29 is 14.4 Å². The predicted molar refractivity (Wildman–Crippen MR) is 76.5 cm³/mol. The maximum Gasteiger partial charge on any atom is 0.262 e. The van der Waals surface area contributed by atoms with E-state index < -0.39 is 0 Å². The second-order valence-electron chi connectivity index (χ2n) is 5.33. The Kier molecular flexibility index (Phi) is 3.46. The molecule has 0 radical (unpaired) electrons. The van der Waals surface area contributed by atoms with Crippen molar-refractivity contribution >= 4 is 33.5 Å². The Hall–Kier alpha value is -1.49. The molecule has 0 saturated heterocycles. The summed E-state index contributed by atoms with van der Waals surface area (Å²) in [7, 11) is 0. The first-order chi connectivity index (χ1) is 9.58. The largest absolute Gasteiger partial charge is 0.297 e. The number of halogens is 1. The molecule has 0 bridgehead atoms. The van der Waals surface area contributed by atoms with Gasteiger partial charge >= 0.3 is 0 Å². The average Bonchev–Trinajstić information content (AvgIpc) is 3.03. The number of carbonyl (C=O) groups is 3. The Morgan fingerprint density at radius 3 is 2.50 bits per heavy atom. The lowest BCUT2D eigenvalue weighted by molar-refractivity contribution is -0.123. The minimum Gasteiger partial charge on any atom is -0.297 e. The Morgan fingerprint density at radius 1 is 1.15 bits per heavy atom. The highest BCUT2D eigenvalue weighted by molar-refractivity contribution is 9.10. The number of fused-ring (bicyclic) bond motifs is 1. The second kappa shape index (κ2) is 5.13. The molecular weight excluding hydrogens is 322 g/mol. The zero-order chi connectivity index (χ0) is 14.3. The zero-order valence-electron chi connectivity index (χ0n) is 10.9. The van der Waals surface area contributed by atoms with Crippen LogP contribution in [0.4, 0.5) is 0 Å². The number of ketones is 1. The van der Waals surface area contributed by atoms with Gasteiger partial charge < -0.3 is 0 Å². The molecule has 1 fully saturated rings. The smallest absolute Gasteiger partial charge is 0.262 e. The zero-order valence-corrected chi connectivity index (χ0v) is 12.5. The first kappa shape index (κ1) is 13.5. The minimum atomic E-state index is -0.363. The van der Waals surface area contributed by atoms with Crippen LogP contribution in [0.15, 0.2) is 22.7 Å².